The van der Waals surface area contributed by atoms with Gasteiger partial charge in [-0.15, -0.1) is 0 Å². The highest BCUT2D eigenvalue weighted by molar-refractivity contribution is 7.88. The third-order valence-corrected chi connectivity index (χ3v) is 5.09. The maximum absolute atomic E-state index is 12.0. The summed E-state index contributed by atoms with van der Waals surface area (Å²) < 4.78 is 25.3. The Labute approximate surface area is 149 Å². The Bertz CT molecular complexity index is 787. The number of amides is 1. The van der Waals surface area contributed by atoms with E-state index in [0.717, 1.165) is 16.7 Å². The molecular weight excluding hydrogens is 336 g/mol. The highest BCUT2D eigenvalue weighted by Crippen LogP contribution is 2.09. The van der Waals surface area contributed by atoms with Gasteiger partial charge in [0.15, 0.2) is 0 Å². The van der Waals surface area contributed by atoms with Crippen LogP contribution in [0.25, 0.3) is 0 Å². The van der Waals surface area contributed by atoms with Gasteiger partial charge in [-0.25, -0.2) is 8.42 Å². The molecule has 1 amide bonds. The van der Waals surface area contributed by atoms with Crippen LogP contribution in [0.5, 0.6) is 0 Å². The van der Waals surface area contributed by atoms with Gasteiger partial charge in [-0.05, 0) is 18.1 Å². The van der Waals surface area contributed by atoms with Crippen LogP contribution in [0.1, 0.15) is 16.7 Å². The molecule has 0 aliphatic heterocycles. The molecule has 2 rings (SSSR count). The molecule has 25 heavy (non-hydrogen) atoms. The van der Waals surface area contributed by atoms with Crippen molar-refractivity contribution < 1.29 is 13.2 Å². The molecule has 0 aliphatic carbocycles. The summed E-state index contributed by atoms with van der Waals surface area (Å²) in [5, 5.41) is 2.78. The Morgan fingerprint density at radius 2 is 1.64 bits per heavy atom. The number of aryl methyl sites for hydroxylation is 1. The van der Waals surface area contributed by atoms with Gasteiger partial charge in [0.2, 0.25) is 15.9 Å². The number of nitrogens with one attached hydrogen (secondary N) is 1. The largest absolute Gasteiger partial charge is 0.354 e. The quantitative estimate of drug-likeness (QED) is 0.784. The Morgan fingerprint density at radius 3 is 2.24 bits per heavy atom. The van der Waals surface area contributed by atoms with Crippen LogP contribution in [-0.4, -0.2) is 38.0 Å². The average Bonchev–Trinajstić information content (AvgIpc) is 2.56. The number of nitrogens with zero attached hydrogens (tertiary/aromatic N) is 1. The predicted octanol–water partition coefficient (Wildman–Crippen LogP) is 2.12. The lowest BCUT2D eigenvalue weighted by atomic mass is 10.1. The molecule has 5 nitrogen and oxygen atoms in total. The Kier molecular flexibility index (Phi) is 6.73. The van der Waals surface area contributed by atoms with Gasteiger partial charge >= 0.3 is 0 Å². The molecule has 0 aromatic heterocycles. The second-order valence-corrected chi connectivity index (χ2v) is 8.08. The van der Waals surface area contributed by atoms with Gasteiger partial charge in [0.05, 0.1) is 12.7 Å². The zero-order valence-corrected chi connectivity index (χ0v) is 15.4. The topological polar surface area (TPSA) is 66.5 Å². The first-order valence-electron chi connectivity index (χ1n) is 8.16. The van der Waals surface area contributed by atoms with Crippen molar-refractivity contribution in [2.24, 2.45) is 0 Å². The first-order valence-corrected chi connectivity index (χ1v) is 10.0. The van der Waals surface area contributed by atoms with Crippen LogP contribution in [0, 0.1) is 6.92 Å². The van der Waals surface area contributed by atoms with E-state index in [4.69, 9.17) is 0 Å². The predicted molar refractivity (Wildman–Crippen MR) is 99.6 cm³/mol. The van der Waals surface area contributed by atoms with E-state index < -0.39 is 10.0 Å². The maximum atomic E-state index is 12.0. The summed E-state index contributed by atoms with van der Waals surface area (Å²) in [6, 6.07) is 17.2. The van der Waals surface area contributed by atoms with Crippen molar-refractivity contribution in [2.75, 3.05) is 19.3 Å². The highest BCUT2D eigenvalue weighted by atomic mass is 32.2. The molecule has 0 aliphatic rings. The van der Waals surface area contributed by atoms with Gasteiger partial charge in [-0.1, -0.05) is 60.2 Å². The Balaban J connectivity index is 1.87. The Morgan fingerprint density at radius 1 is 1.00 bits per heavy atom. The number of benzene rings is 2. The van der Waals surface area contributed by atoms with Gasteiger partial charge in [0.1, 0.15) is 0 Å². The third kappa shape index (κ3) is 6.68. The zero-order valence-electron chi connectivity index (χ0n) is 14.6. The fraction of sp³-hybridized carbons (Fsp3) is 0.316. The molecule has 0 heterocycles. The molecule has 0 bridgehead atoms. The van der Waals surface area contributed by atoms with E-state index in [1.54, 1.807) is 0 Å². The normalized spacial score (nSPS) is 11.5. The molecular formula is C19H24N2O3S. The fourth-order valence-corrected chi connectivity index (χ4v) is 3.23. The van der Waals surface area contributed by atoms with Crippen LogP contribution in [0.3, 0.4) is 0 Å². The molecule has 0 unspecified atom stereocenters. The summed E-state index contributed by atoms with van der Waals surface area (Å²) >= 11 is 0. The lowest BCUT2D eigenvalue weighted by Gasteiger charge is -2.20. The number of carbonyl (C=O) groups excluding carboxylic acids is 1. The van der Waals surface area contributed by atoms with Gasteiger partial charge in [0.25, 0.3) is 0 Å². The van der Waals surface area contributed by atoms with Crippen LogP contribution in [0.4, 0.5) is 0 Å². The SMILES string of the molecule is Cc1ccc(CN(CCNC(=O)Cc2ccccc2)S(C)(=O)=O)cc1. The van der Waals surface area contributed by atoms with Gasteiger partial charge in [-0.3, -0.25) is 4.79 Å². The molecule has 0 spiro atoms. The molecule has 0 fully saturated rings. The molecule has 0 saturated heterocycles. The van der Waals surface area contributed by atoms with Crippen LogP contribution in [0.2, 0.25) is 0 Å². The number of hydrogen-bond acceptors (Lipinski definition) is 3. The summed E-state index contributed by atoms with van der Waals surface area (Å²) in [6.45, 7) is 2.81. The van der Waals surface area contributed by atoms with Crippen LogP contribution in [-0.2, 0) is 27.8 Å². The fourth-order valence-electron chi connectivity index (χ4n) is 2.42. The van der Waals surface area contributed by atoms with E-state index in [9.17, 15) is 13.2 Å². The maximum Gasteiger partial charge on any atom is 0.224 e. The van der Waals surface area contributed by atoms with Crippen molar-refractivity contribution in [1.29, 1.82) is 0 Å². The molecule has 1 N–H and O–H groups in total. The van der Waals surface area contributed by atoms with Crippen LogP contribution >= 0.6 is 0 Å². The smallest absolute Gasteiger partial charge is 0.224 e. The molecule has 6 heteroatoms. The van der Waals surface area contributed by atoms with Crippen molar-refractivity contribution in [3.8, 4) is 0 Å². The second-order valence-electron chi connectivity index (χ2n) is 6.09. The van der Waals surface area contributed by atoms with Crippen molar-refractivity contribution in [3.63, 3.8) is 0 Å². The number of hydrogen-bond donors (Lipinski definition) is 1. The van der Waals surface area contributed by atoms with E-state index in [2.05, 4.69) is 5.32 Å². The third-order valence-electron chi connectivity index (χ3n) is 3.84. The van der Waals surface area contributed by atoms with Crippen LogP contribution in [0.15, 0.2) is 54.6 Å². The first kappa shape index (κ1) is 19.1. The lowest BCUT2D eigenvalue weighted by molar-refractivity contribution is -0.120. The summed E-state index contributed by atoms with van der Waals surface area (Å²) in [7, 11) is -3.35. The summed E-state index contributed by atoms with van der Waals surface area (Å²) in [4.78, 5) is 12.0. The molecule has 0 atom stereocenters. The van der Waals surface area contributed by atoms with E-state index >= 15 is 0 Å². The van der Waals surface area contributed by atoms with Crippen molar-refractivity contribution in [1.82, 2.24) is 9.62 Å². The minimum atomic E-state index is -3.35. The van der Waals surface area contributed by atoms with E-state index in [0.29, 0.717) is 6.54 Å². The van der Waals surface area contributed by atoms with Gasteiger partial charge in [0, 0.05) is 19.6 Å². The molecule has 2 aromatic rings. The van der Waals surface area contributed by atoms with Gasteiger partial charge in [-0.2, -0.15) is 4.31 Å². The van der Waals surface area contributed by atoms with Crippen molar-refractivity contribution in [3.05, 3.63) is 71.3 Å². The minimum Gasteiger partial charge on any atom is -0.354 e. The number of carbonyl (C=O) groups is 1. The van der Waals surface area contributed by atoms with Crippen molar-refractivity contribution >= 4 is 15.9 Å². The minimum absolute atomic E-state index is 0.116. The molecule has 0 saturated carbocycles. The molecule has 134 valence electrons. The standard InChI is InChI=1S/C19H24N2O3S/c1-16-8-10-18(11-9-16)15-21(25(2,23)24)13-12-20-19(22)14-17-6-4-3-5-7-17/h3-11H,12-15H2,1-2H3,(H,20,22). The monoisotopic (exact) mass is 360 g/mol. The molecule has 2 aromatic carbocycles. The van der Waals surface area contributed by atoms with E-state index in [1.807, 2.05) is 61.5 Å². The lowest BCUT2D eigenvalue weighted by Crippen LogP contribution is -2.38. The first-order chi connectivity index (χ1) is 11.8. The average molecular weight is 360 g/mol. The second kappa shape index (κ2) is 8.78. The van der Waals surface area contributed by atoms with E-state index in [-0.39, 0.29) is 25.4 Å². The summed E-state index contributed by atoms with van der Waals surface area (Å²) in [5.74, 6) is -0.116. The summed E-state index contributed by atoms with van der Waals surface area (Å²) in [5.41, 5.74) is 2.98. The van der Waals surface area contributed by atoms with Crippen molar-refractivity contribution in [2.45, 2.75) is 19.9 Å². The summed E-state index contributed by atoms with van der Waals surface area (Å²) in [6.07, 6.45) is 1.48. The Hall–Kier alpha value is -2.18. The van der Waals surface area contributed by atoms with Gasteiger partial charge < -0.3 is 5.32 Å². The molecule has 0 radical (unpaired) electrons. The zero-order chi connectivity index (χ0) is 18.3. The number of rotatable bonds is 8. The highest BCUT2D eigenvalue weighted by Gasteiger charge is 2.17. The number of sulfonamides is 1. The van der Waals surface area contributed by atoms with Crippen LogP contribution < -0.4 is 5.32 Å². The van der Waals surface area contributed by atoms with E-state index in [1.165, 1.54) is 10.6 Å².